The number of fused-ring (bicyclic) bond motifs is 2. The second kappa shape index (κ2) is 9.70. The highest BCUT2D eigenvalue weighted by Crippen LogP contribution is 2.38. The highest BCUT2D eigenvalue weighted by Gasteiger charge is 2.33. The average molecular weight is 488 g/mol. The van der Waals surface area contributed by atoms with Gasteiger partial charge < -0.3 is 15.0 Å². The number of anilines is 1. The quantitative estimate of drug-likeness (QED) is 0.664. The molecule has 34 heavy (non-hydrogen) atoms. The van der Waals surface area contributed by atoms with Crippen molar-refractivity contribution >= 4 is 27.6 Å². The molecule has 2 heterocycles. The van der Waals surface area contributed by atoms with Crippen LogP contribution >= 0.6 is 0 Å². The van der Waals surface area contributed by atoms with Gasteiger partial charge in [0.25, 0.3) is 10.0 Å². The number of ether oxygens (including phenoxy) is 1. The minimum Gasteiger partial charge on any atom is -0.381 e. The minimum atomic E-state index is -3.99. The third kappa shape index (κ3) is 4.86. The molecule has 9 heteroatoms. The second-order valence-electron chi connectivity index (χ2n) is 9.79. The Hall–Kier alpha value is -2.39. The maximum absolute atomic E-state index is 12.9. The number of amides is 3. The Kier molecular flexibility index (Phi) is 6.66. The van der Waals surface area contributed by atoms with E-state index in [0.717, 1.165) is 73.6 Å². The molecule has 0 bridgehead atoms. The van der Waals surface area contributed by atoms with E-state index in [1.807, 2.05) is 0 Å². The van der Waals surface area contributed by atoms with Crippen LogP contribution in [-0.2, 0) is 45.2 Å². The van der Waals surface area contributed by atoms with Gasteiger partial charge in [0.05, 0.1) is 6.04 Å². The van der Waals surface area contributed by atoms with Crippen LogP contribution < -0.4 is 10.0 Å². The highest BCUT2D eigenvalue weighted by atomic mass is 32.2. The van der Waals surface area contributed by atoms with E-state index in [4.69, 9.17) is 4.74 Å². The summed E-state index contributed by atoms with van der Waals surface area (Å²) < 4.78 is 32.8. The third-order valence-corrected chi connectivity index (χ3v) is 8.56. The number of aryl methyl sites for hydroxylation is 2. The summed E-state index contributed by atoms with van der Waals surface area (Å²) in [7, 11) is -3.99. The van der Waals surface area contributed by atoms with Gasteiger partial charge in [-0.2, -0.15) is 0 Å². The first-order valence-electron chi connectivity index (χ1n) is 12.5. The van der Waals surface area contributed by atoms with Gasteiger partial charge in [-0.15, -0.1) is 0 Å². The lowest BCUT2D eigenvalue weighted by atomic mass is 9.98. The number of likely N-dealkylation sites (tertiary alicyclic amines) is 1. The molecule has 2 aliphatic heterocycles. The van der Waals surface area contributed by atoms with Crippen LogP contribution in [0.5, 0.6) is 0 Å². The van der Waals surface area contributed by atoms with Gasteiger partial charge in [-0.25, -0.2) is 17.9 Å². The van der Waals surface area contributed by atoms with Crippen molar-refractivity contribution < 1.29 is 22.7 Å². The highest BCUT2D eigenvalue weighted by molar-refractivity contribution is 7.92. The van der Waals surface area contributed by atoms with Crippen molar-refractivity contribution in [2.24, 2.45) is 5.92 Å². The predicted octanol–water partition coefficient (Wildman–Crippen LogP) is 3.05. The number of hydrogen-bond acceptors (Lipinski definition) is 5. The van der Waals surface area contributed by atoms with Gasteiger partial charge in [0.1, 0.15) is 0 Å². The molecule has 1 atom stereocenters. The number of carbonyl (C=O) groups is 2. The van der Waals surface area contributed by atoms with Gasteiger partial charge in [0.2, 0.25) is 5.91 Å². The zero-order chi connectivity index (χ0) is 23.7. The first-order chi connectivity index (χ1) is 16.4. The van der Waals surface area contributed by atoms with Gasteiger partial charge in [0.15, 0.2) is 0 Å². The maximum atomic E-state index is 12.9. The van der Waals surface area contributed by atoms with Crippen LogP contribution in [0.4, 0.5) is 10.5 Å². The lowest BCUT2D eigenvalue weighted by Gasteiger charge is -2.29. The fourth-order valence-corrected chi connectivity index (χ4v) is 6.67. The number of carbonyl (C=O) groups excluding carboxylic acids is 2. The summed E-state index contributed by atoms with van der Waals surface area (Å²) in [6.07, 6.45) is 10.4. The molecular formula is C25H33N3O5S. The van der Waals surface area contributed by atoms with Crippen LogP contribution in [0.25, 0.3) is 0 Å². The molecule has 0 radical (unpaired) electrons. The van der Waals surface area contributed by atoms with E-state index in [-0.39, 0.29) is 17.9 Å². The first kappa shape index (κ1) is 23.4. The van der Waals surface area contributed by atoms with E-state index in [2.05, 4.69) is 16.1 Å². The minimum absolute atomic E-state index is 0.0578. The lowest BCUT2D eigenvalue weighted by molar-refractivity contribution is -0.138. The fourth-order valence-electron chi connectivity index (χ4n) is 5.91. The maximum Gasteiger partial charge on any atom is 0.333 e. The topological polar surface area (TPSA) is 105 Å². The Labute approximate surface area is 201 Å². The number of benzene rings is 1. The van der Waals surface area contributed by atoms with Crippen LogP contribution in [0.3, 0.4) is 0 Å². The van der Waals surface area contributed by atoms with Gasteiger partial charge in [-0.1, -0.05) is 6.07 Å². The van der Waals surface area contributed by atoms with Crippen LogP contribution in [0.2, 0.25) is 0 Å². The second-order valence-corrected chi connectivity index (χ2v) is 11.4. The van der Waals surface area contributed by atoms with Crippen molar-refractivity contribution in [3.05, 3.63) is 39.8 Å². The fraction of sp³-hybridized carbons (Fsp3) is 0.600. The molecule has 5 rings (SSSR count). The van der Waals surface area contributed by atoms with E-state index in [0.29, 0.717) is 32.6 Å². The molecule has 0 aromatic heterocycles. The molecule has 2 aliphatic carbocycles. The summed E-state index contributed by atoms with van der Waals surface area (Å²) in [4.78, 5) is 27.4. The summed E-state index contributed by atoms with van der Waals surface area (Å²) in [6, 6.07) is 1.26. The summed E-state index contributed by atoms with van der Waals surface area (Å²) >= 11 is 0. The van der Waals surface area contributed by atoms with Crippen molar-refractivity contribution in [1.29, 1.82) is 0 Å². The normalized spacial score (nSPS) is 22.7. The molecule has 0 saturated carbocycles. The van der Waals surface area contributed by atoms with E-state index in [1.54, 1.807) is 4.90 Å². The lowest BCUT2D eigenvalue weighted by Crippen LogP contribution is -2.41. The molecule has 0 spiro atoms. The summed E-state index contributed by atoms with van der Waals surface area (Å²) in [5.41, 5.74) is 5.65. The smallest absolute Gasteiger partial charge is 0.333 e. The summed E-state index contributed by atoms with van der Waals surface area (Å²) in [5.74, 6) is 0.0166. The van der Waals surface area contributed by atoms with Crippen LogP contribution in [0.1, 0.15) is 60.8 Å². The molecular weight excluding hydrogens is 454 g/mol. The Morgan fingerprint density at radius 2 is 1.65 bits per heavy atom. The average Bonchev–Trinajstić information content (AvgIpc) is 3.57. The molecule has 3 amide bonds. The molecule has 1 aromatic rings. The van der Waals surface area contributed by atoms with Crippen LogP contribution in [0, 0.1) is 5.92 Å². The van der Waals surface area contributed by atoms with E-state index >= 15 is 0 Å². The number of rotatable bonds is 5. The van der Waals surface area contributed by atoms with E-state index in [9.17, 15) is 18.0 Å². The van der Waals surface area contributed by atoms with Crippen LogP contribution in [-0.4, -0.2) is 51.1 Å². The van der Waals surface area contributed by atoms with Gasteiger partial charge >= 0.3 is 6.03 Å². The summed E-state index contributed by atoms with van der Waals surface area (Å²) in [5, 5.41) is 3.89. The zero-order valence-electron chi connectivity index (χ0n) is 19.5. The Morgan fingerprint density at radius 1 is 0.971 bits per heavy atom. The Balaban J connectivity index is 1.24. The van der Waals surface area contributed by atoms with Gasteiger partial charge in [-0.05, 0) is 92.5 Å². The van der Waals surface area contributed by atoms with Gasteiger partial charge in [0, 0.05) is 36.8 Å². The van der Waals surface area contributed by atoms with Crippen molar-refractivity contribution in [3.63, 3.8) is 0 Å². The van der Waals surface area contributed by atoms with Crippen molar-refractivity contribution in [2.45, 2.75) is 70.3 Å². The van der Waals surface area contributed by atoms with Gasteiger partial charge in [-0.3, -0.25) is 4.79 Å². The first-order valence-corrected chi connectivity index (χ1v) is 14.0. The third-order valence-electron chi connectivity index (χ3n) is 7.58. The number of nitrogens with zero attached hydrogens (tertiary/aromatic N) is 1. The van der Waals surface area contributed by atoms with Crippen molar-refractivity contribution in [3.8, 4) is 0 Å². The SMILES string of the molecule is O=C(Nc1c2c(cc3c1CCC3)CCC2)NS(=O)(=O)/C=C/C1CCCN1C(=O)C1CCOCC1. The number of urea groups is 1. The number of hydrogen-bond donors (Lipinski definition) is 2. The van der Waals surface area contributed by atoms with Crippen molar-refractivity contribution in [1.82, 2.24) is 9.62 Å². The molecule has 2 saturated heterocycles. The molecule has 2 fully saturated rings. The summed E-state index contributed by atoms with van der Waals surface area (Å²) in [6.45, 7) is 1.81. The molecule has 184 valence electrons. The van der Waals surface area contributed by atoms with Crippen LogP contribution in [0.15, 0.2) is 17.6 Å². The molecule has 8 nitrogen and oxygen atoms in total. The number of sulfonamides is 1. The predicted molar refractivity (Wildman–Crippen MR) is 129 cm³/mol. The molecule has 1 aromatic carbocycles. The standard InChI is InChI=1S/C25H33N3O5S/c29-24(17-9-13-33-14-10-17)28-12-3-6-20(28)11-15-34(31,32)27-25(30)26-23-21-7-1-4-18(21)16-19-5-2-8-22(19)23/h11,15-17,20H,1-10,12-14H2,(H2,26,27,30)/b15-11+. The monoisotopic (exact) mass is 487 g/mol. The molecule has 2 N–H and O–H groups in total. The Morgan fingerprint density at radius 3 is 2.32 bits per heavy atom. The number of nitrogens with one attached hydrogen (secondary N) is 2. The molecule has 4 aliphatic rings. The Bertz CT molecular complexity index is 1080. The zero-order valence-corrected chi connectivity index (χ0v) is 20.3. The largest absolute Gasteiger partial charge is 0.381 e. The van der Waals surface area contributed by atoms with Crippen molar-refractivity contribution in [2.75, 3.05) is 25.1 Å². The van der Waals surface area contributed by atoms with E-state index < -0.39 is 16.1 Å². The van der Waals surface area contributed by atoms with E-state index in [1.165, 1.54) is 17.2 Å². The molecule has 1 unspecified atom stereocenters.